The van der Waals surface area contributed by atoms with Crippen LogP contribution < -0.4 is 23.7 Å². The predicted molar refractivity (Wildman–Crippen MR) is 122 cm³/mol. The number of ketones is 1. The molecule has 0 radical (unpaired) electrons. The number of esters is 1. The fourth-order valence-electron chi connectivity index (χ4n) is 3.45. The fourth-order valence-corrected chi connectivity index (χ4v) is 3.45. The summed E-state index contributed by atoms with van der Waals surface area (Å²) in [6.07, 6.45) is 1.65. The van der Waals surface area contributed by atoms with Crippen LogP contribution in [0, 0.1) is 6.92 Å². The quantitative estimate of drug-likeness (QED) is 0.304. The highest BCUT2D eigenvalue weighted by molar-refractivity contribution is 6.15. The first-order chi connectivity index (χ1) is 15.9. The number of methoxy groups -OCH3 is 3. The van der Waals surface area contributed by atoms with Gasteiger partial charge < -0.3 is 23.7 Å². The van der Waals surface area contributed by atoms with Crippen molar-refractivity contribution in [2.24, 2.45) is 0 Å². The van der Waals surface area contributed by atoms with Crippen molar-refractivity contribution in [3.05, 3.63) is 82.6 Å². The van der Waals surface area contributed by atoms with Gasteiger partial charge in [0, 0.05) is 11.6 Å². The van der Waals surface area contributed by atoms with Crippen LogP contribution in [0.25, 0.3) is 6.08 Å². The zero-order valence-electron chi connectivity index (χ0n) is 18.6. The van der Waals surface area contributed by atoms with Gasteiger partial charge in [0.1, 0.15) is 28.7 Å². The molecule has 33 heavy (non-hydrogen) atoms. The Labute approximate surface area is 191 Å². The molecule has 3 aromatic rings. The maximum absolute atomic E-state index is 12.8. The van der Waals surface area contributed by atoms with E-state index in [1.54, 1.807) is 56.5 Å². The maximum Gasteiger partial charge on any atom is 0.343 e. The summed E-state index contributed by atoms with van der Waals surface area (Å²) in [5.41, 5.74) is 1.98. The minimum absolute atomic E-state index is 0.183. The van der Waals surface area contributed by atoms with Crippen molar-refractivity contribution in [2.75, 3.05) is 21.3 Å². The fraction of sp³-hybridized carbons (Fsp3) is 0.154. The molecule has 0 fully saturated rings. The summed E-state index contributed by atoms with van der Waals surface area (Å²) in [5.74, 6) is 1.60. The van der Waals surface area contributed by atoms with E-state index in [9.17, 15) is 9.59 Å². The Morgan fingerprint density at radius 1 is 0.879 bits per heavy atom. The molecule has 0 aliphatic carbocycles. The largest absolute Gasteiger partial charge is 0.497 e. The lowest BCUT2D eigenvalue weighted by Gasteiger charge is -2.11. The van der Waals surface area contributed by atoms with Gasteiger partial charge in [0.15, 0.2) is 5.76 Å². The number of carbonyl (C=O) groups is 2. The summed E-state index contributed by atoms with van der Waals surface area (Å²) in [6, 6.07) is 15.2. The summed E-state index contributed by atoms with van der Waals surface area (Å²) in [4.78, 5) is 25.6. The smallest absolute Gasteiger partial charge is 0.343 e. The van der Waals surface area contributed by atoms with Crippen molar-refractivity contribution in [1.29, 1.82) is 0 Å². The maximum atomic E-state index is 12.8. The van der Waals surface area contributed by atoms with E-state index in [1.807, 2.05) is 18.2 Å². The molecule has 7 heteroatoms. The van der Waals surface area contributed by atoms with Crippen molar-refractivity contribution in [1.82, 2.24) is 0 Å². The SMILES string of the molecule is COc1cccc(/C=C2\Oc3c(ccc(OC(=O)c4cc(OC)cc(OC)c4)c3C)C2=O)c1. The highest BCUT2D eigenvalue weighted by Gasteiger charge is 2.30. The number of fused-ring (bicyclic) bond motifs is 1. The van der Waals surface area contributed by atoms with E-state index < -0.39 is 5.97 Å². The molecule has 0 N–H and O–H groups in total. The molecule has 0 aromatic heterocycles. The number of hydrogen-bond acceptors (Lipinski definition) is 7. The van der Waals surface area contributed by atoms with Crippen molar-refractivity contribution in [3.63, 3.8) is 0 Å². The Balaban J connectivity index is 1.60. The number of Topliss-reactive ketones (excluding diaryl/α,β-unsaturated/α-hetero) is 1. The van der Waals surface area contributed by atoms with Crippen LogP contribution in [0.2, 0.25) is 0 Å². The van der Waals surface area contributed by atoms with E-state index in [-0.39, 0.29) is 22.9 Å². The van der Waals surface area contributed by atoms with Gasteiger partial charge in [0.2, 0.25) is 5.78 Å². The average Bonchev–Trinajstić information content (AvgIpc) is 3.16. The van der Waals surface area contributed by atoms with Crippen LogP contribution in [0.1, 0.15) is 31.8 Å². The number of hydrogen-bond donors (Lipinski definition) is 0. The zero-order valence-corrected chi connectivity index (χ0v) is 18.6. The minimum atomic E-state index is -0.591. The lowest BCUT2D eigenvalue weighted by atomic mass is 10.1. The van der Waals surface area contributed by atoms with E-state index in [0.29, 0.717) is 34.1 Å². The molecule has 1 aliphatic rings. The Morgan fingerprint density at radius 2 is 1.58 bits per heavy atom. The van der Waals surface area contributed by atoms with Gasteiger partial charge in [0.25, 0.3) is 0 Å². The number of benzene rings is 3. The lowest BCUT2D eigenvalue weighted by Crippen LogP contribution is -2.10. The molecule has 0 bridgehead atoms. The van der Waals surface area contributed by atoms with Crippen molar-refractivity contribution in [2.45, 2.75) is 6.92 Å². The molecule has 0 saturated carbocycles. The Morgan fingerprint density at radius 3 is 2.24 bits per heavy atom. The Bertz CT molecular complexity index is 1250. The molecule has 3 aromatic carbocycles. The van der Waals surface area contributed by atoms with Crippen molar-refractivity contribution < 1.29 is 33.3 Å². The summed E-state index contributed by atoms with van der Waals surface area (Å²) in [7, 11) is 4.58. The van der Waals surface area contributed by atoms with Gasteiger partial charge in [-0.3, -0.25) is 4.79 Å². The summed E-state index contributed by atoms with van der Waals surface area (Å²) >= 11 is 0. The molecule has 0 atom stereocenters. The highest BCUT2D eigenvalue weighted by Crippen LogP contribution is 2.39. The average molecular weight is 446 g/mol. The second kappa shape index (κ2) is 9.08. The third-order valence-corrected chi connectivity index (χ3v) is 5.22. The van der Waals surface area contributed by atoms with Crippen LogP contribution in [-0.2, 0) is 0 Å². The summed E-state index contributed by atoms with van der Waals surface area (Å²) in [5, 5.41) is 0. The van der Waals surface area contributed by atoms with Crippen LogP contribution >= 0.6 is 0 Å². The monoisotopic (exact) mass is 446 g/mol. The molecule has 1 aliphatic heterocycles. The van der Waals surface area contributed by atoms with Gasteiger partial charge in [-0.25, -0.2) is 4.79 Å². The molecule has 4 rings (SSSR count). The molecular formula is C26H22O7. The van der Waals surface area contributed by atoms with E-state index >= 15 is 0 Å². The highest BCUT2D eigenvalue weighted by atomic mass is 16.5. The summed E-state index contributed by atoms with van der Waals surface area (Å²) < 4.78 is 27.1. The van der Waals surface area contributed by atoms with Gasteiger partial charge in [0.05, 0.1) is 32.5 Å². The van der Waals surface area contributed by atoms with E-state index in [2.05, 4.69) is 0 Å². The van der Waals surface area contributed by atoms with Crippen LogP contribution in [0.5, 0.6) is 28.7 Å². The molecule has 0 unspecified atom stereocenters. The van der Waals surface area contributed by atoms with Crippen LogP contribution in [0.4, 0.5) is 0 Å². The first-order valence-corrected chi connectivity index (χ1v) is 10.1. The molecule has 0 saturated heterocycles. The van der Waals surface area contributed by atoms with Crippen LogP contribution in [-0.4, -0.2) is 33.1 Å². The lowest BCUT2D eigenvalue weighted by molar-refractivity contribution is 0.0732. The predicted octanol–water partition coefficient (Wildman–Crippen LogP) is 4.86. The van der Waals surface area contributed by atoms with Gasteiger partial charge in [-0.05, 0) is 55.0 Å². The van der Waals surface area contributed by atoms with Gasteiger partial charge in [-0.2, -0.15) is 0 Å². The zero-order chi connectivity index (χ0) is 23.5. The first kappa shape index (κ1) is 22.0. The number of rotatable bonds is 6. The van der Waals surface area contributed by atoms with Crippen molar-refractivity contribution in [3.8, 4) is 28.7 Å². The number of ether oxygens (including phenoxy) is 5. The third-order valence-electron chi connectivity index (χ3n) is 5.22. The molecule has 1 heterocycles. The molecule has 0 amide bonds. The molecule has 168 valence electrons. The van der Waals surface area contributed by atoms with Gasteiger partial charge in [-0.15, -0.1) is 0 Å². The normalized spacial score (nSPS) is 13.3. The minimum Gasteiger partial charge on any atom is -0.497 e. The Hall–Kier alpha value is -4.26. The number of allylic oxidation sites excluding steroid dienone is 1. The van der Waals surface area contributed by atoms with E-state index in [4.69, 9.17) is 23.7 Å². The molecular weight excluding hydrogens is 424 g/mol. The standard InChI is InChI=1S/C26H22O7/c1-15-22(33-26(28)17-12-19(30-3)14-20(13-17)31-4)9-8-21-24(27)23(32-25(15)21)11-16-6-5-7-18(10-16)29-2/h5-14H,1-4H3/b23-11-. The second-order valence-electron chi connectivity index (χ2n) is 7.27. The molecule has 0 spiro atoms. The molecule has 7 nitrogen and oxygen atoms in total. The topological polar surface area (TPSA) is 80.3 Å². The number of carbonyl (C=O) groups excluding carboxylic acids is 2. The third kappa shape index (κ3) is 4.39. The van der Waals surface area contributed by atoms with E-state index in [0.717, 1.165) is 5.56 Å². The van der Waals surface area contributed by atoms with Crippen LogP contribution in [0.3, 0.4) is 0 Å². The Kier molecular flexibility index (Phi) is 6.04. The van der Waals surface area contributed by atoms with Crippen molar-refractivity contribution >= 4 is 17.8 Å². The van der Waals surface area contributed by atoms with Crippen LogP contribution in [0.15, 0.2) is 60.4 Å². The summed E-state index contributed by atoms with van der Waals surface area (Å²) in [6.45, 7) is 1.73. The first-order valence-electron chi connectivity index (χ1n) is 10.1. The van der Waals surface area contributed by atoms with E-state index in [1.165, 1.54) is 14.2 Å². The van der Waals surface area contributed by atoms with Gasteiger partial charge in [-0.1, -0.05) is 12.1 Å². The van der Waals surface area contributed by atoms with Gasteiger partial charge >= 0.3 is 5.97 Å². The second-order valence-corrected chi connectivity index (χ2v) is 7.27.